The Hall–Kier alpha value is -1.29. The van der Waals surface area contributed by atoms with E-state index >= 15 is 0 Å². The predicted molar refractivity (Wildman–Crippen MR) is 54.3 cm³/mol. The van der Waals surface area contributed by atoms with Crippen LogP contribution in [0.2, 0.25) is 0 Å². The van der Waals surface area contributed by atoms with Crippen LogP contribution in [0.25, 0.3) is 0 Å². The van der Waals surface area contributed by atoms with Crippen LogP contribution in [0.3, 0.4) is 0 Å². The molecule has 2 rings (SSSR count). The van der Waals surface area contributed by atoms with Gasteiger partial charge in [-0.1, -0.05) is 6.07 Å². The van der Waals surface area contributed by atoms with Crippen LogP contribution >= 0.6 is 0 Å². The van der Waals surface area contributed by atoms with E-state index in [2.05, 4.69) is 0 Å². The normalized spacial score (nSPS) is 17.9. The maximum absolute atomic E-state index is 13.4. The zero-order valence-corrected chi connectivity index (χ0v) is 8.93. The maximum atomic E-state index is 13.4. The van der Waals surface area contributed by atoms with E-state index in [-0.39, 0.29) is 5.56 Å². The van der Waals surface area contributed by atoms with Gasteiger partial charge in [0.1, 0.15) is 5.60 Å². The van der Waals surface area contributed by atoms with E-state index < -0.39 is 23.0 Å². The van der Waals surface area contributed by atoms with E-state index in [4.69, 9.17) is 4.74 Å². The molecule has 0 bridgehead atoms. The molecule has 0 amide bonds. The highest BCUT2D eigenvalue weighted by Crippen LogP contribution is 2.38. The van der Waals surface area contributed by atoms with Gasteiger partial charge >= 0.3 is 0 Å². The first-order valence-corrected chi connectivity index (χ1v) is 5.15. The Morgan fingerprint density at radius 3 is 2.56 bits per heavy atom. The number of ketones is 1. The lowest BCUT2D eigenvalue weighted by Crippen LogP contribution is -2.47. The van der Waals surface area contributed by atoms with Crippen LogP contribution in [0, 0.1) is 11.6 Å². The molecular weight excluding hydrogens is 214 g/mol. The van der Waals surface area contributed by atoms with Gasteiger partial charge in [0, 0.05) is 7.11 Å². The molecule has 4 heteroatoms. The van der Waals surface area contributed by atoms with Crippen molar-refractivity contribution in [3.05, 3.63) is 35.4 Å². The van der Waals surface area contributed by atoms with Crippen LogP contribution in [-0.2, 0) is 4.74 Å². The van der Waals surface area contributed by atoms with Gasteiger partial charge in [-0.05, 0) is 31.4 Å². The van der Waals surface area contributed by atoms with Gasteiger partial charge in [0.15, 0.2) is 17.4 Å². The molecule has 2 nitrogen and oxygen atoms in total. The fourth-order valence-electron chi connectivity index (χ4n) is 1.95. The molecule has 0 aromatic heterocycles. The summed E-state index contributed by atoms with van der Waals surface area (Å²) in [5.74, 6) is -2.55. The number of Topliss-reactive ketones (excluding diaryl/α,β-unsaturated/α-hetero) is 1. The summed E-state index contributed by atoms with van der Waals surface area (Å²) >= 11 is 0. The van der Waals surface area contributed by atoms with Crippen LogP contribution in [0.1, 0.15) is 29.6 Å². The quantitative estimate of drug-likeness (QED) is 0.741. The summed E-state index contributed by atoms with van der Waals surface area (Å²) in [6, 6.07) is 3.61. The van der Waals surface area contributed by atoms with E-state index in [9.17, 15) is 13.6 Å². The second-order valence-electron chi connectivity index (χ2n) is 3.98. The molecule has 0 N–H and O–H groups in total. The minimum Gasteiger partial charge on any atom is -0.370 e. The summed E-state index contributed by atoms with van der Waals surface area (Å²) in [4.78, 5) is 12.0. The first kappa shape index (κ1) is 11.2. The van der Waals surface area contributed by atoms with Crippen molar-refractivity contribution in [2.45, 2.75) is 24.9 Å². The van der Waals surface area contributed by atoms with Crippen molar-refractivity contribution in [1.82, 2.24) is 0 Å². The predicted octanol–water partition coefficient (Wildman–Crippen LogP) is 2.72. The number of carbonyl (C=O) groups is 1. The van der Waals surface area contributed by atoms with Gasteiger partial charge in [-0.3, -0.25) is 4.79 Å². The number of hydrogen-bond acceptors (Lipinski definition) is 2. The van der Waals surface area contributed by atoms with Crippen LogP contribution in [0.15, 0.2) is 18.2 Å². The maximum Gasteiger partial charge on any atom is 0.197 e. The van der Waals surface area contributed by atoms with Crippen molar-refractivity contribution >= 4 is 5.78 Å². The Morgan fingerprint density at radius 1 is 1.38 bits per heavy atom. The lowest BCUT2D eigenvalue weighted by molar-refractivity contribution is -0.0451. The van der Waals surface area contributed by atoms with Gasteiger partial charge in [0.2, 0.25) is 0 Å². The summed E-state index contributed by atoms with van der Waals surface area (Å²) in [5.41, 5.74) is -1.16. The topological polar surface area (TPSA) is 26.3 Å². The molecule has 0 spiro atoms. The Labute approximate surface area is 92.2 Å². The average molecular weight is 226 g/mol. The minimum absolute atomic E-state index is 0.221. The minimum atomic E-state index is -1.09. The van der Waals surface area contributed by atoms with Crippen molar-refractivity contribution in [2.75, 3.05) is 7.11 Å². The average Bonchev–Trinajstić information content (AvgIpc) is 2.21. The van der Waals surface area contributed by atoms with E-state index in [1.807, 2.05) is 0 Å². The fourth-order valence-corrected chi connectivity index (χ4v) is 1.95. The Balaban J connectivity index is 2.37. The molecule has 0 heterocycles. The zero-order valence-electron chi connectivity index (χ0n) is 8.93. The van der Waals surface area contributed by atoms with E-state index in [0.29, 0.717) is 12.8 Å². The van der Waals surface area contributed by atoms with Gasteiger partial charge in [0.25, 0.3) is 0 Å². The summed E-state index contributed by atoms with van der Waals surface area (Å²) in [6.45, 7) is 0. The number of ether oxygens (including phenoxy) is 1. The molecular formula is C12H12F2O2. The highest BCUT2D eigenvalue weighted by molar-refractivity contribution is 6.03. The molecule has 0 unspecified atom stereocenters. The first-order chi connectivity index (χ1) is 7.60. The van der Waals surface area contributed by atoms with Gasteiger partial charge in [-0.25, -0.2) is 8.78 Å². The van der Waals surface area contributed by atoms with E-state index in [1.54, 1.807) is 0 Å². The lowest BCUT2D eigenvalue weighted by Gasteiger charge is -2.38. The monoisotopic (exact) mass is 226 g/mol. The summed E-state index contributed by atoms with van der Waals surface area (Å²) in [7, 11) is 1.42. The van der Waals surface area contributed by atoms with Gasteiger partial charge < -0.3 is 4.74 Å². The summed E-state index contributed by atoms with van der Waals surface area (Å²) < 4.78 is 31.6. The summed E-state index contributed by atoms with van der Waals surface area (Å²) in [6.07, 6.45) is 2.01. The molecule has 1 saturated carbocycles. The van der Waals surface area contributed by atoms with Crippen LogP contribution in [0.5, 0.6) is 0 Å². The number of rotatable bonds is 3. The third-order valence-electron chi connectivity index (χ3n) is 3.16. The molecule has 1 aliphatic carbocycles. The highest BCUT2D eigenvalue weighted by Gasteiger charge is 2.45. The molecule has 86 valence electrons. The Bertz CT molecular complexity index is 420. The third kappa shape index (κ3) is 1.53. The Morgan fingerprint density at radius 2 is 2.06 bits per heavy atom. The van der Waals surface area contributed by atoms with Gasteiger partial charge in [-0.2, -0.15) is 0 Å². The van der Waals surface area contributed by atoms with Crippen molar-refractivity contribution in [1.29, 1.82) is 0 Å². The second-order valence-corrected chi connectivity index (χ2v) is 3.98. The fraction of sp³-hybridized carbons (Fsp3) is 0.417. The van der Waals surface area contributed by atoms with Crippen LogP contribution in [0.4, 0.5) is 8.78 Å². The Kier molecular flexibility index (Phi) is 2.76. The van der Waals surface area contributed by atoms with E-state index in [0.717, 1.165) is 12.5 Å². The van der Waals surface area contributed by atoms with Crippen LogP contribution in [-0.4, -0.2) is 18.5 Å². The second kappa shape index (κ2) is 3.94. The van der Waals surface area contributed by atoms with E-state index in [1.165, 1.54) is 19.2 Å². The SMILES string of the molecule is COC1(C(=O)c2cccc(F)c2F)CCC1. The first-order valence-electron chi connectivity index (χ1n) is 5.15. The molecule has 1 aromatic rings. The standard InChI is InChI=1S/C12H12F2O2/c1-16-12(6-3-7-12)11(15)8-4-2-5-9(13)10(8)14/h2,4-5H,3,6-7H2,1H3. The van der Waals surface area contributed by atoms with Crippen molar-refractivity contribution < 1.29 is 18.3 Å². The molecule has 0 saturated heterocycles. The summed E-state index contributed by atoms with van der Waals surface area (Å²) in [5, 5.41) is 0. The molecule has 16 heavy (non-hydrogen) atoms. The number of halogens is 2. The van der Waals surface area contributed by atoms with Crippen molar-refractivity contribution in [3.63, 3.8) is 0 Å². The third-order valence-corrected chi connectivity index (χ3v) is 3.16. The molecule has 0 atom stereocenters. The molecule has 1 fully saturated rings. The van der Waals surface area contributed by atoms with Crippen molar-refractivity contribution in [2.24, 2.45) is 0 Å². The highest BCUT2D eigenvalue weighted by atomic mass is 19.2. The van der Waals surface area contributed by atoms with Crippen molar-refractivity contribution in [3.8, 4) is 0 Å². The molecule has 1 aromatic carbocycles. The lowest BCUT2D eigenvalue weighted by atomic mass is 9.74. The van der Waals surface area contributed by atoms with Crippen LogP contribution < -0.4 is 0 Å². The van der Waals surface area contributed by atoms with Gasteiger partial charge in [-0.15, -0.1) is 0 Å². The number of carbonyl (C=O) groups excluding carboxylic acids is 1. The number of methoxy groups -OCH3 is 1. The molecule has 1 aliphatic rings. The zero-order chi connectivity index (χ0) is 11.8. The number of benzene rings is 1. The largest absolute Gasteiger partial charge is 0.370 e. The smallest absolute Gasteiger partial charge is 0.197 e. The molecule has 0 aliphatic heterocycles. The molecule has 0 radical (unpaired) electrons. The number of hydrogen-bond donors (Lipinski definition) is 0. The van der Waals surface area contributed by atoms with Gasteiger partial charge in [0.05, 0.1) is 5.56 Å².